The summed E-state index contributed by atoms with van der Waals surface area (Å²) in [6.07, 6.45) is -4.15. The summed E-state index contributed by atoms with van der Waals surface area (Å²) < 4.78 is 51.5. The number of H-pyrrole nitrogens is 1. The quantitative estimate of drug-likeness (QED) is 0.800. The minimum absolute atomic E-state index is 0.101. The van der Waals surface area contributed by atoms with E-state index in [9.17, 15) is 17.6 Å². The Balaban J connectivity index is 2.73. The van der Waals surface area contributed by atoms with Crippen LogP contribution in [0.25, 0.3) is 10.9 Å². The first-order chi connectivity index (χ1) is 8.34. The maximum Gasteiger partial charge on any atom is 0.416 e. The molecule has 0 amide bonds. The Bertz CT molecular complexity index is 584. The van der Waals surface area contributed by atoms with Crippen LogP contribution >= 0.6 is 0 Å². The van der Waals surface area contributed by atoms with Crippen LogP contribution in [0.4, 0.5) is 17.6 Å². The maximum atomic E-state index is 13.6. The number of alkyl halides is 3. The fourth-order valence-electron chi connectivity index (χ4n) is 2.07. The van der Waals surface area contributed by atoms with Crippen LogP contribution in [-0.4, -0.2) is 11.5 Å². The number of aryl methyl sites for hydroxylation is 1. The Morgan fingerprint density at radius 2 is 1.94 bits per heavy atom. The smallest absolute Gasteiger partial charge is 0.356 e. The third kappa shape index (κ3) is 2.08. The van der Waals surface area contributed by atoms with Crippen molar-refractivity contribution in [1.82, 2.24) is 4.98 Å². The Hall–Kier alpha value is -1.56. The summed E-state index contributed by atoms with van der Waals surface area (Å²) in [5, 5.41) is 0.255. The lowest BCUT2D eigenvalue weighted by Gasteiger charge is -2.07. The molecule has 0 aliphatic heterocycles. The number of fused-ring (bicyclic) bond motifs is 1. The second-order valence-electron chi connectivity index (χ2n) is 4.15. The SMILES string of the molecule is Cc1[nH]c2c(F)cc(C(F)(F)F)cc2c1CCN. The molecule has 1 heterocycles. The van der Waals surface area contributed by atoms with Gasteiger partial charge >= 0.3 is 6.18 Å². The van der Waals surface area contributed by atoms with Crippen molar-refractivity contribution in [3.63, 3.8) is 0 Å². The van der Waals surface area contributed by atoms with Gasteiger partial charge in [0.15, 0.2) is 0 Å². The highest BCUT2D eigenvalue weighted by Gasteiger charge is 2.32. The van der Waals surface area contributed by atoms with Crippen molar-refractivity contribution in [2.24, 2.45) is 5.73 Å². The normalized spacial score (nSPS) is 12.3. The van der Waals surface area contributed by atoms with Gasteiger partial charge in [-0.25, -0.2) is 4.39 Å². The lowest BCUT2D eigenvalue weighted by molar-refractivity contribution is -0.137. The first-order valence-electron chi connectivity index (χ1n) is 5.42. The second-order valence-corrected chi connectivity index (χ2v) is 4.15. The number of nitrogens with one attached hydrogen (secondary N) is 1. The minimum Gasteiger partial charge on any atom is -0.356 e. The van der Waals surface area contributed by atoms with Crippen molar-refractivity contribution in [2.45, 2.75) is 19.5 Å². The lowest BCUT2D eigenvalue weighted by Crippen LogP contribution is -2.06. The van der Waals surface area contributed by atoms with E-state index in [0.717, 1.165) is 6.07 Å². The van der Waals surface area contributed by atoms with E-state index in [1.807, 2.05) is 0 Å². The van der Waals surface area contributed by atoms with E-state index in [0.29, 0.717) is 30.3 Å². The highest BCUT2D eigenvalue weighted by molar-refractivity contribution is 5.86. The van der Waals surface area contributed by atoms with Crippen molar-refractivity contribution < 1.29 is 17.6 Å². The molecule has 0 aliphatic carbocycles. The van der Waals surface area contributed by atoms with Crippen LogP contribution in [0.2, 0.25) is 0 Å². The van der Waals surface area contributed by atoms with Crippen molar-refractivity contribution in [3.05, 3.63) is 34.8 Å². The van der Waals surface area contributed by atoms with E-state index in [4.69, 9.17) is 5.73 Å². The number of hydrogen-bond acceptors (Lipinski definition) is 1. The van der Waals surface area contributed by atoms with Gasteiger partial charge in [-0.15, -0.1) is 0 Å². The van der Waals surface area contributed by atoms with Crippen molar-refractivity contribution in [1.29, 1.82) is 0 Å². The highest BCUT2D eigenvalue weighted by Crippen LogP contribution is 2.34. The third-order valence-electron chi connectivity index (χ3n) is 2.90. The number of nitrogens with two attached hydrogens (primary N) is 1. The first-order valence-corrected chi connectivity index (χ1v) is 5.42. The van der Waals surface area contributed by atoms with E-state index in [1.54, 1.807) is 6.92 Å². The number of halogens is 4. The molecule has 2 aromatic rings. The van der Waals surface area contributed by atoms with Crippen molar-refractivity contribution in [2.75, 3.05) is 6.54 Å². The Morgan fingerprint density at radius 3 is 2.50 bits per heavy atom. The van der Waals surface area contributed by atoms with Gasteiger partial charge in [0.2, 0.25) is 0 Å². The lowest BCUT2D eigenvalue weighted by atomic mass is 10.0. The fourth-order valence-corrected chi connectivity index (χ4v) is 2.07. The summed E-state index contributed by atoms with van der Waals surface area (Å²) >= 11 is 0. The molecule has 1 aromatic heterocycles. The molecular formula is C12H12F4N2. The molecule has 18 heavy (non-hydrogen) atoms. The average Bonchev–Trinajstić information content (AvgIpc) is 2.56. The van der Waals surface area contributed by atoms with Crippen LogP contribution in [-0.2, 0) is 12.6 Å². The maximum absolute atomic E-state index is 13.6. The molecule has 0 bridgehead atoms. The van der Waals surface area contributed by atoms with Crippen LogP contribution in [0, 0.1) is 12.7 Å². The molecule has 6 heteroatoms. The molecule has 0 spiro atoms. The van der Waals surface area contributed by atoms with Gasteiger partial charge in [0.1, 0.15) is 5.82 Å². The topological polar surface area (TPSA) is 41.8 Å². The predicted molar refractivity (Wildman–Crippen MR) is 60.8 cm³/mol. The van der Waals surface area contributed by atoms with E-state index < -0.39 is 17.6 Å². The van der Waals surface area contributed by atoms with Gasteiger partial charge in [-0.3, -0.25) is 0 Å². The minimum atomic E-state index is -4.56. The summed E-state index contributed by atoms with van der Waals surface area (Å²) in [5.41, 5.74) is 5.81. The predicted octanol–water partition coefficient (Wildman–Crippen LogP) is 3.14. The number of benzene rings is 1. The first kappa shape index (κ1) is 12.9. The molecule has 0 unspecified atom stereocenters. The summed E-state index contributed by atoms with van der Waals surface area (Å²) in [6, 6.07) is 1.47. The summed E-state index contributed by atoms with van der Waals surface area (Å²) in [5.74, 6) is -0.897. The number of hydrogen-bond donors (Lipinski definition) is 2. The van der Waals surface area contributed by atoms with E-state index >= 15 is 0 Å². The Labute approximate surface area is 101 Å². The standard InChI is InChI=1S/C12H12F4N2/c1-6-8(2-3-17)9-4-7(12(14,15)16)5-10(13)11(9)18-6/h4-5,18H,2-3,17H2,1H3. The molecule has 0 atom stereocenters. The molecule has 98 valence electrons. The van der Waals surface area contributed by atoms with Gasteiger partial charge < -0.3 is 10.7 Å². The van der Waals surface area contributed by atoms with Gasteiger partial charge in [-0.05, 0) is 37.6 Å². The number of aromatic nitrogens is 1. The number of aromatic amines is 1. The van der Waals surface area contributed by atoms with E-state index in [2.05, 4.69) is 4.98 Å². The molecule has 2 nitrogen and oxygen atoms in total. The van der Waals surface area contributed by atoms with E-state index in [1.165, 1.54) is 0 Å². The van der Waals surface area contributed by atoms with Gasteiger partial charge in [-0.2, -0.15) is 13.2 Å². The molecule has 0 aliphatic rings. The van der Waals surface area contributed by atoms with Gasteiger partial charge in [0.25, 0.3) is 0 Å². The zero-order valence-electron chi connectivity index (χ0n) is 9.66. The fraction of sp³-hybridized carbons (Fsp3) is 0.333. The molecule has 0 fully saturated rings. The molecule has 1 aromatic carbocycles. The molecular weight excluding hydrogens is 248 g/mol. The Morgan fingerprint density at radius 1 is 1.28 bits per heavy atom. The molecule has 0 radical (unpaired) electrons. The third-order valence-corrected chi connectivity index (χ3v) is 2.90. The van der Waals surface area contributed by atoms with Crippen molar-refractivity contribution in [3.8, 4) is 0 Å². The van der Waals surface area contributed by atoms with Crippen LogP contribution in [0.1, 0.15) is 16.8 Å². The molecule has 3 N–H and O–H groups in total. The average molecular weight is 260 g/mol. The van der Waals surface area contributed by atoms with Crippen LogP contribution < -0.4 is 5.73 Å². The van der Waals surface area contributed by atoms with Crippen LogP contribution in [0.5, 0.6) is 0 Å². The largest absolute Gasteiger partial charge is 0.416 e. The molecule has 2 rings (SSSR count). The van der Waals surface area contributed by atoms with E-state index in [-0.39, 0.29) is 10.9 Å². The highest BCUT2D eigenvalue weighted by atomic mass is 19.4. The van der Waals surface area contributed by atoms with Crippen LogP contribution in [0.15, 0.2) is 12.1 Å². The van der Waals surface area contributed by atoms with Gasteiger partial charge in [-0.1, -0.05) is 0 Å². The molecule has 0 saturated carbocycles. The van der Waals surface area contributed by atoms with Crippen molar-refractivity contribution >= 4 is 10.9 Å². The monoisotopic (exact) mass is 260 g/mol. The zero-order valence-corrected chi connectivity index (χ0v) is 9.66. The molecule has 0 saturated heterocycles. The summed E-state index contributed by atoms with van der Waals surface area (Å²) in [6.45, 7) is 1.99. The van der Waals surface area contributed by atoms with Gasteiger partial charge in [0.05, 0.1) is 11.1 Å². The van der Waals surface area contributed by atoms with Crippen LogP contribution in [0.3, 0.4) is 0 Å². The number of rotatable bonds is 2. The second kappa shape index (κ2) is 4.28. The summed E-state index contributed by atoms with van der Waals surface area (Å²) in [4.78, 5) is 2.76. The zero-order chi connectivity index (χ0) is 13.5. The Kier molecular flexibility index (Phi) is 3.06. The summed E-state index contributed by atoms with van der Waals surface area (Å²) in [7, 11) is 0. The van der Waals surface area contributed by atoms with Gasteiger partial charge in [0, 0.05) is 11.1 Å².